The van der Waals surface area contributed by atoms with Crippen LogP contribution in [0.15, 0.2) is 0 Å². The van der Waals surface area contributed by atoms with Crippen LogP contribution in [-0.4, -0.2) is 48.4 Å². The van der Waals surface area contributed by atoms with Crippen LogP contribution in [0.3, 0.4) is 0 Å². The number of amides is 1. The highest BCUT2D eigenvalue weighted by molar-refractivity contribution is 5.78. The number of nitriles is 1. The van der Waals surface area contributed by atoms with Crippen molar-refractivity contribution >= 4 is 5.91 Å². The first-order chi connectivity index (χ1) is 7.71. The molecule has 1 atom stereocenters. The van der Waals surface area contributed by atoms with Crippen molar-refractivity contribution in [3.05, 3.63) is 0 Å². The molecule has 0 bridgehead atoms. The van der Waals surface area contributed by atoms with Gasteiger partial charge in [0.15, 0.2) is 0 Å². The Labute approximate surface area is 97.8 Å². The van der Waals surface area contributed by atoms with Crippen LogP contribution in [0.2, 0.25) is 0 Å². The SMILES string of the molecule is CCN(CC)C(=O)CN1CCCC(C#N)C1. The molecule has 0 aliphatic carbocycles. The summed E-state index contributed by atoms with van der Waals surface area (Å²) in [5.41, 5.74) is 0. The summed E-state index contributed by atoms with van der Waals surface area (Å²) >= 11 is 0. The lowest BCUT2D eigenvalue weighted by atomic mass is 10.00. The van der Waals surface area contributed by atoms with Gasteiger partial charge >= 0.3 is 0 Å². The monoisotopic (exact) mass is 223 g/mol. The summed E-state index contributed by atoms with van der Waals surface area (Å²) in [6.07, 6.45) is 2.01. The van der Waals surface area contributed by atoms with E-state index in [2.05, 4.69) is 11.0 Å². The van der Waals surface area contributed by atoms with Gasteiger partial charge in [-0.25, -0.2) is 0 Å². The molecule has 1 amide bonds. The Morgan fingerprint density at radius 3 is 2.75 bits per heavy atom. The van der Waals surface area contributed by atoms with Crippen LogP contribution in [0.5, 0.6) is 0 Å². The van der Waals surface area contributed by atoms with E-state index >= 15 is 0 Å². The number of hydrogen-bond acceptors (Lipinski definition) is 3. The highest BCUT2D eigenvalue weighted by Gasteiger charge is 2.22. The smallest absolute Gasteiger partial charge is 0.236 e. The van der Waals surface area contributed by atoms with Gasteiger partial charge in [0.05, 0.1) is 18.5 Å². The zero-order valence-corrected chi connectivity index (χ0v) is 10.3. The molecule has 0 aromatic heterocycles. The van der Waals surface area contributed by atoms with Crippen LogP contribution < -0.4 is 0 Å². The molecule has 1 rings (SSSR count). The van der Waals surface area contributed by atoms with Crippen molar-refractivity contribution in [2.24, 2.45) is 5.92 Å². The van der Waals surface area contributed by atoms with Gasteiger partial charge in [-0.3, -0.25) is 9.69 Å². The first-order valence-electron chi connectivity index (χ1n) is 6.11. The second kappa shape index (κ2) is 6.49. The minimum Gasteiger partial charge on any atom is -0.342 e. The van der Waals surface area contributed by atoms with Crippen molar-refractivity contribution in [1.29, 1.82) is 5.26 Å². The van der Waals surface area contributed by atoms with E-state index in [9.17, 15) is 4.79 Å². The number of carbonyl (C=O) groups is 1. The number of likely N-dealkylation sites (N-methyl/N-ethyl adjacent to an activating group) is 1. The average molecular weight is 223 g/mol. The highest BCUT2D eigenvalue weighted by Crippen LogP contribution is 2.15. The van der Waals surface area contributed by atoms with Gasteiger partial charge in [-0.15, -0.1) is 0 Å². The second-order valence-electron chi connectivity index (χ2n) is 4.27. The van der Waals surface area contributed by atoms with E-state index in [4.69, 9.17) is 5.26 Å². The Morgan fingerprint density at radius 1 is 1.50 bits per heavy atom. The summed E-state index contributed by atoms with van der Waals surface area (Å²) in [6.45, 7) is 7.70. The third kappa shape index (κ3) is 3.49. The van der Waals surface area contributed by atoms with E-state index in [1.807, 2.05) is 18.7 Å². The second-order valence-corrected chi connectivity index (χ2v) is 4.27. The van der Waals surface area contributed by atoms with Crippen molar-refractivity contribution in [3.63, 3.8) is 0 Å². The maximum Gasteiger partial charge on any atom is 0.236 e. The highest BCUT2D eigenvalue weighted by atomic mass is 16.2. The van der Waals surface area contributed by atoms with Crippen LogP contribution >= 0.6 is 0 Å². The van der Waals surface area contributed by atoms with Crippen molar-refractivity contribution in [3.8, 4) is 6.07 Å². The fourth-order valence-electron chi connectivity index (χ4n) is 2.17. The molecule has 0 aromatic rings. The predicted molar refractivity (Wildman–Crippen MR) is 62.7 cm³/mol. The number of carbonyl (C=O) groups excluding carboxylic acids is 1. The lowest BCUT2D eigenvalue weighted by molar-refractivity contribution is -0.132. The number of piperidine rings is 1. The van der Waals surface area contributed by atoms with Gasteiger partial charge < -0.3 is 4.90 Å². The van der Waals surface area contributed by atoms with Gasteiger partial charge in [0.1, 0.15) is 0 Å². The third-order valence-corrected chi connectivity index (χ3v) is 3.16. The molecule has 0 spiro atoms. The molecule has 1 fully saturated rings. The van der Waals surface area contributed by atoms with Crippen LogP contribution in [0.1, 0.15) is 26.7 Å². The number of rotatable bonds is 4. The molecule has 0 saturated carbocycles. The Morgan fingerprint density at radius 2 is 2.19 bits per heavy atom. The first kappa shape index (κ1) is 13.0. The van der Waals surface area contributed by atoms with Crippen LogP contribution in [-0.2, 0) is 4.79 Å². The van der Waals surface area contributed by atoms with Gasteiger partial charge in [-0.2, -0.15) is 5.26 Å². The van der Waals surface area contributed by atoms with E-state index in [0.29, 0.717) is 6.54 Å². The predicted octanol–water partition coefficient (Wildman–Crippen LogP) is 1.09. The van der Waals surface area contributed by atoms with Crippen molar-refractivity contribution in [1.82, 2.24) is 9.80 Å². The maximum absolute atomic E-state index is 11.9. The summed E-state index contributed by atoms with van der Waals surface area (Å²) in [5.74, 6) is 0.293. The van der Waals surface area contributed by atoms with Crippen LogP contribution in [0.25, 0.3) is 0 Å². The quantitative estimate of drug-likeness (QED) is 0.717. The summed E-state index contributed by atoms with van der Waals surface area (Å²) < 4.78 is 0. The van der Waals surface area contributed by atoms with Gasteiger partial charge in [-0.1, -0.05) is 0 Å². The van der Waals surface area contributed by atoms with Crippen LogP contribution in [0.4, 0.5) is 0 Å². The molecular weight excluding hydrogens is 202 g/mol. The van der Waals surface area contributed by atoms with E-state index in [0.717, 1.165) is 39.0 Å². The first-order valence-corrected chi connectivity index (χ1v) is 6.11. The zero-order chi connectivity index (χ0) is 12.0. The summed E-state index contributed by atoms with van der Waals surface area (Å²) in [6, 6.07) is 2.30. The topological polar surface area (TPSA) is 47.3 Å². The molecule has 1 heterocycles. The van der Waals surface area contributed by atoms with E-state index in [-0.39, 0.29) is 11.8 Å². The van der Waals surface area contributed by atoms with E-state index < -0.39 is 0 Å². The van der Waals surface area contributed by atoms with Crippen molar-refractivity contribution in [2.45, 2.75) is 26.7 Å². The van der Waals surface area contributed by atoms with Gasteiger partial charge in [-0.05, 0) is 33.2 Å². The summed E-state index contributed by atoms with van der Waals surface area (Å²) in [5, 5.41) is 8.87. The minimum atomic E-state index is 0.109. The fraction of sp³-hybridized carbons (Fsp3) is 0.833. The van der Waals surface area contributed by atoms with Gasteiger partial charge in [0.25, 0.3) is 0 Å². The number of nitrogens with zero attached hydrogens (tertiary/aromatic N) is 3. The molecule has 0 aromatic carbocycles. The molecule has 1 unspecified atom stereocenters. The molecule has 4 nitrogen and oxygen atoms in total. The minimum absolute atomic E-state index is 0.109. The average Bonchev–Trinajstić information content (AvgIpc) is 2.31. The Balaban J connectivity index is 2.41. The Bertz CT molecular complexity index is 268. The lowest BCUT2D eigenvalue weighted by Crippen LogP contribution is -2.44. The summed E-state index contributed by atoms with van der Waals surface area (Å²) in [7, 11) is 0. The Hall–Kier alpha value is -1.08. The largest absolute Gasteiger partial charge is 0.342 e. The molecule has 0 radical (unpaired) electrons. The fourth-order valence-corrected chi connectivity index (χ4v) is 2.17. The standard InChI is InChI=1S/C12H21N3O/c1-3-15(4-2)12(16)10-14-7-5-6-11(8-13)9-14/h11H,3-7,9-10H2,1-2H3. The van der Waals surface area contributed by atoms with Crippen molar-refractivity contribution < 1.29 is 4.79 Å². The third-order valence-electron chi connectivity index (χ3n) is 3.16. The summed E-state index contributed by atoms with van der Waals surface area (Å²) in [4.78, 5) is 15.8. The number of likely N-dealkylation sites (tertiary alicyclic amines) is 1. The lowest BCUT2D eigenvalue weighted by Gasteiger charge is -2.30. The van der Waals surface area contributed by atoms with Gasteiger partial charge in [0.2, 0.25) is 5.91 Å². The zero-order valence-electron chi connectivity index (χ0n) is 10.3. The number of hydrogen-bond donors (Lipinski definition) is 0. The van der Waals surface area contributed by atoms with Crippen molar-refractivity contribution in [2.75, 3.05) is 32.7 Å². The van der Waals surface area contributed by atoms with Crippen LogP contribution in [0, 0.1) is 17.2 Å². The molecule has 1 saturated heterocycles. The van der Waals surface area contributed by atoms with E-state index in [1.54, 1.807) is 0 Å². The molecule has 1 aliphatic rings. The molecule has 4 heteroatoms. The van der Waals surface area contributed by atoms with Gasteiger partial charge in [0, 0.05) is 19.6 Å². The maximum atomic E-state index is 11.9. The normalized spacial score (nSPS) is 21.4. The molecule has 0 N–H and O–H groups in total. The molecule has 1 aliphatic heterocycles. The van der Waals surface area contributed by atoms with E-state index in [1.165, 1.54) is 0 Å². The molecule has 16 heavy (non-hydrogen) atoms. The molecule has 90 valence electrons. The molecular formula is C12H21N3O. The Kier molecular flexibility index (Phi) is 5.27.